The zero-order chi connectivity index (χ0) is 17.6. The number of hydrogen-bond acceptors (Lipinski definition) is 3. The maximum Gasteiger partial charge on any atom is 0.416 e. The summed E-state index contributed by atoms with van der Waals surface area (Å²) in [5, 5.41) is 0.849. The molecule has 1 unspecified atom stereocenters. The Labute approximate surface area is 140 Å². The maximum atomic E-state index is 12.6. The Morgan fingerprint density at radius 3 is 2.48 bits per heavy atom. The topological polar surface area (TPSA) is 54.4 Å². The molecule has 0 aliphatic carbocycles. The number of rotatable bonds is 2. The summed E-state index contributed by atoms with van der Waals surface area (Å²) in [5.41, 5.74) is 1.09. The van der Waals surface area contributed by atoms with E-state index in [4.69, 9.17) is 4.74 Å². The third-order valence-electron chi connectivity index (χ3n) is 4.04. The van der Waals surface area contributed by atoms with E-state index in [1.54, 1.807) is 6.20 Å². The molecular formula is C18H11F3N2O2. The van der Waals surface area contributed by atoms with Crippen molar-refractivity contribution in [2.45, 2.75) is 12.2 Å². The molecule has 1 aliphatic heterocycles. The molecule has 4 rings (SSSR count). The summed E-state index contributed by atoms with van der Waals surface area (Å²) >= 11 is 0. The number of aliphatic imine (C=N–C) groups is 1. The quantitative estimate of drug-likeness (QED) is 0.707. The van der Waals surface area contributed by atoms with Crippen LogP contribution in [0.25, 0.3) is 10.9 Å². The number of halogens is 3. The average molecular weight is 344 g/mol. The van der Waals surface area contributed by atoms with E-state index in [2.05, 4.69) is 9.98 Å². The molecule has 3 aromatic rings. The van der Waals surface area contributed by atoms with E-state index in [0.29, 0.717) is 11.1 Å². The second kappa shape index (κ2) is 5.47. The van der Waals surface area contributed by atoms with Crippen LogP contribution in [0.2, 0.25) is 0 Å². The van der Waals surface area contributed by atoms with Crippen LogP contribution < -0.4 is 0 Å². The minimum atomic E-state index is -4.42. The number of hydrogen-bond donors (Lipinski definition) is 1. The van der Waals surface area contributed by atoms with Gasteiger partial charge in [-0.2, -0.15) is 13.2 Å². The van der Waals surface area contributed by atoms with Crippen molar-refractivity contribution in [1.82, 2.24) is 4.98 Å². The van der Waals surface area contributed by atoms with Crippen LogP contribution in [0.3, 0.4) is 0 Å². The number of alkyl halides is 3. The van der Waals surface area contributed by atoms with Crippen LogP contribution >= 0.6 is 0 Å². The molecule has 0 bridgehead atoms. The van der Waals surface area contributed by atoms with Crippen molar-refractivity contribution in [3.63, 3.8) is 0 Å². The fourth-order valence-corrected chi connectivity index (χ4v) is 2.80. The fraction of sp³-hybridized carbons (Fsp3) is 0.111. The zero-order valence-corrected chi connectivity index (χ0v) is 12.7. The van der Waals surface area contributed by atoms with Gasteiger partial charge in [0, 0.05) is 28.2 Å². The molecule has 1 aromatic heterocycles. The lowest BCUT2D eigenvalue weighted by Crippen LogP contribution is -2.09. The molecule has 2 aromatic carbocycles. The summed E-state index contributed by atoms with van der Waals surface area (Å²) in [5.74, 6) is -0.534. The van der Waals surface area contributed by atoms with Crippen LogP contribution in [0, 0.1) is 0 Å². The summed E-state index contributed by atoms with van der Waals surface area (Å²) in [6, 6.07) is 11.0. The van der Waals surface area contributed by atoms with Gasteiger partial charge in [-0.15, -0.1) is 0 Å². The Hall–Kier alpha value is -3.09. The Bertz CT molecular complexity index is 987. The molecule has 0 amide bonds. The number of carbonyl (C=O) groups is 1. The largest absolute Gasteiger partial charge is 0.416 e. The smallest absolute Gasteiger partial charge is 0.405 e. The first-order valence-corrected chi connectivity index (χ1v) is 7.46. The summed E-state index contributed by atoms with van der Waals surface area (Å²) in [6.07, 6.45) is -2.73. The Morgan fingerprint density at radius 1 is 1.04 bits per heavy atom. The van der Waals surface area contributed by atoms with E-state index in [9.17, 15) is 18.0 Å². The monoisotopic (exact) mass is 344 g/mol. The number of nitrogens with one attached hydrogen (secondary N) is 1. The third-order valence-corrected chi connectivity index (χ3v) is 4.04. The predicted molar refractivity (Wildman–Crippen MR) is 85.1 cm³/mol. The Morgan fingerprint density at radius 2 is 1.76 bits per heavy atom. The highest BCUT2D eigenvalue weighted by atomic mass is 19.4. The summed E-state index contributed by atoms with van der Waals surface area (Å²) in [6.45, 7) is 0. The van der Waals surface area contributed by atoms with Crippen LogP contribution in [0.1, 0.15) is 22.7 Å². The number of aromatic nitrogens is 1. The number of aromatic amines is 1. The number of nitrogens with zero attached hydrogens (tertiary/aromatic N) is 1. The number of fused-ring (bicyclic) bond motifs is 1. The predicted octanol–water partition coefficient (Wildman–Crippen LogP) is 4.23. The van der Waals surface area contributed by atoms with E-state index < -0.39 is 23.8 Å². The van der Waals surface area contributed by atoms with E-state index in [1.165, 1.54) is 12.1 Å². The van der Waals surface area contributed by atoms with Gasteiger partial charge in [-0.1, -0.05) is 18.2 Å². The van der Waals surface area contributed by atoms with E-state index in [0.717, 1.165) is 23.0 Å². The average Bonchev–Trinajstić information content (AvgIpc) is 3.17. The zero-order valence-electron chi connectivity index (χ0n) is 12.7. The summed E-state index contributed by atoms with van der Waals surface area (Å²) < 4.78 is 43.1. The molecule has 0 saturated heterocycles. The fourth-order valence-electron chi connectivity index (χ4n) is 2.80. The lowest BCUT2D eigenvalue weighted by atomic mass is 10.1. The first-order chi connectivity index (χ1) is 11.9. The maximum absolute atomic E-state index is 12.6. The summed E-state index contributed by atoms with van der Waals surface area (Å²) in [7, 11) is 0. The van der Waals surface area contributed by atoms with Gasteiger partial charge in [0.15, 0.2) is 6.04 Å². The number of H-pyrrole nitrogens is 1. The van der Waals surface area contributed by atoms with Crippen molar-refractivity contribution < 1.29 is 22.7 Å². The number of benzene rings is 2. The lowest BCUT2D eigenvalue weighted by Gasteiger charge is -2.06. The first kappa shape index (κ1) is 15.4. The van der Waals surface area contributed by atoms with Crippen molar-refractivity contribution >= 4 is 22.8 Å². The van der Waals surface area contributed by atoms with Gasteiger partial charge in [0.05, 0.1) is 5.56 Å². The van der Waals surface area contributed by atoms with Crippen LogP contribution in [0.5, 0.6) is 0 Å². The van der Waals surface area contributed by atoms with E-state index in [-0.39, 0.29) is 5.90 Å². The molecule has 25 heavy (non-hydrogen) atoms. The van der Waals surface area contributed by atoms with Gasteiger partial charge in [0.1, 0.15) is 0 Å². The first-order valence-electron chi connectivity index (χ1n) is 7.46. The number of esters is 1. The van der Waals surface area contributed by atoms with Gasteiger partial charge in [-0.25, -0.2) is 9.79 Å². The molecule has 1 atom stereocenters. The van der Waals surface area contributed by atoms with Crippen molar-refractivity contribution in [2.24, 2.45) is 4.99 Å². The van der Waals surface area contributed by atoms with Crippen molar-refractivity contribution in [2.75, 3.05) is 0 Å². The van der Waals surface area contributed by atoms with Gasteiger partial charge < -0.3 is 9.72 Å². The second-order valence-corrected chi connectivity index (χ2v) is 5.62. The second-order valence-electron chi connectivity index (χ2n) is 5.62. The minimum absolute atomic E-state index is 0.0222. The van der Waals surface area contributed by atoms with Crippen LogP contribution in [-0.4, -0.2) is 16.9 Å². The SMILES string of the molecule is O=C1OC(c2ccc(C(F)(F)F)cc2)=NC1c1c[nH]c2ccccc12. The highest BCUT2D eigenvalue weighted by molar-refractivity contribution is 6.07. The van der Waals surface area contributed by atoms with Gasteiger partial charge in [-0.3, -0.25) is 0 Å². The molecular weight excluding hydrogens is 333 g/mol. The normalized spacial score (nSPS) is 17.6. The molecule has 0 radical (unpaired) electrons. The molecule has 2 heterocycles. The highest BCUT2D eigenvalue weighted by Gasteiger charge is 2.34. The van der Waals surface area contributed by atoms with Gasteiger partial charge in [0.2, 0.25) is 5.90 Å². The molecule has 4 nitrogen and oxygen atoms in total. The van der Waals surface area contributed by atoms with Crippen LogP contribution in [0.4, 0.5) is 13.2 Å². The molecule has 7 heteroatoms. The summed E-state index contributed by atoms with van der Waals surface area (Å²) in [4.78, 5) is 19.5. The van der Waals surface area contributed by atoms with Gasteiger partial charge >= 0.3 is 12.1 Å². The highest BCUT2D eigenvalue weighted by Crippen LogP contribution is 2.33. The van der Waals surface area contributed by atoms with E-state index in [1.807, 2.05) is 24.3 Å². The molecule has 1 N–H and O–H groups in total. The third kappa shape index (κ3) is 2.67. The van der Waals surface area contributed by atoms with Gasteiger partial charge in [0.25, 0.3) is 0 Å². The van der Waals surface area contributed by atoms with Crippen LogP contribution in [-0.2, 0) is 15.7 Å². The molecule has 126 valence electrons. The number of para-hydroxylation sites is 1. The van der Waals surface area contributed by atoms with Crippen molar-refractivity contribution in [3.8, 4) is 0 Å². The lowest BCUT2D eigenvalue weighted by molar-refractivity contribution is -0.138. The van der Waals surface area contributed by atoms with E-state index >= 15 is 0 Å². The minimum Gasteiger partial charge on any atom is -0.405 e. The molecule has 0 spiro atoms. The van der Waals surface area contributed by atoms with Gasteiger partial charge in [-0.05, 0) is 30.3 Å². The molecule has 0 saturated carbocycles. The molecule has 1 aliphatic rings. The number of carbonyl (C=O) groups excluding carboxylic acids is 1. The van der Waals surface area contributed by atoms with Crippen LogP contribution in [0.15, 0.2) is 59.7 Å². The Balaban J connectivity index is 1.69. The Kier molecular flexibility index (Phi) is 3.38. The number of cyclic esters (lactones) is 1. The number of ether oxygens (including phenoxy) is 1. The van der Waals surface area contributed by atoms with Crippen molar-refractivity contribution in [1.29, 1.82) is 0 Å². The molecule has 0 fully saturated rings. The standard InChI is InChI=1S/C18H11F3N2O2/c19-18(20,21)11-7-5-10(6-8-11)16-23-15(17(24)25-16)13-9-22-14-4-2-1-3-12(13)14/h1-9,15,22H. The van der Waals surface area contributed by atoms with Crippen molar-refractivity contribution in [3.05, 3.63) is 71.4 Å².